The highest BCUT2D eigenvalue weighted by Crippen LogP contribution is 2.26. The first kappa shape index (κ1) is 20.3. The highest BCUT2D eigenvalue weighted by atomic mass is 32.1. The molecule has 8 heteroatoms. The maximum absolute atomic E-state index is 13.1. The van der Waals surface area contributed by atoms with Gasteiger partial charge in [0.2, 0.25) is 11.8 Å². The third kappa shape index (κ3) is 4.14. The zero-order valence-electron chi connectivity index (χ0n) is 16.8. The molecule has 156 valence electrons. The summed E-state index contributed by atoms with van der Waals surface area (Å²) in [4.78, 5) is 42.2. The fraction of sp³-hybridized carbons (Fsp3) is 0.364. The number of rotatable bonds is 5. The third-order valence-corrected chi connectivity index (χ3v) is 6.46. The fourth-order valence-corrected chi connectivity index (χ4v) is 4.63. The zero-order chi connectivity index (χ0) is 21.1. The number of nitrogens with one attached hydrogen (secondary N) is 1. The Morgan fingerprint density at radius 1 is 1.20 bits per heavy atom. The third-order valence-electron chi connectivity index (χ3n) is 5.54. The number of hydrogen-bond acceptors (Lipinski definition) is 5. The summed E-state index contributed by atoms with van der Waals surface area (Å²) in [6.45, 7) is 3.53. The van der Waals surface area contributed by atoms with Gasteiger partial charge < -0.3 is 9.80 Å². The summed E-state index contributed by atoms with van der Waals surface area (Å²) in [6.07, 6.45) is 0.980. The molecule has 1 fully saturated rings. The predicted molar refractivity (Wildman–Crippen MR) is 116 cm³/mol. The summed E-state index contributed by atoms with van der Waals surface area (Å²) < 4.78 is 0. The minimum absolute atomic E-state index is 0.0425. The zero-order valence-corrected chi connectivity index (χ0v) is 17.7. The van der Waals surface area contributed by atoms with Crippen molar-refractivity contribution in [3.63, 3.8) is 0 Å². The van der Waals surface area contributed by atoms with E-state index in [1.54, 1.807) is 21.1 Å². The fourth-order valence-electron chi connectivity index (χ4n) is 3.90. The first-order valence-corrected chi connectivity index (χ1v) is 11.0. The summed E-state index contributed by atoms with van der Waals surface area (Å²) in [5, 5.41) is 5.98. The molecule has 0 aliphatic carbocycles. The Kier molecular flexibility index (Phi) is 5.94. The van der Waals surface area contributed by atoms with Gasteiger partial charge in [-0.15, -0.1) is 11.3 Å². The number of hydrazone groups is 1. The number of carbonyl (C=O) groups is 3. The molecule has 7 nitrogen and oxygen atoms in total. The number of benzene rings is 1. The van der Waals surface area contributed by atoms with E-state index in [4.69, 9.17) is 0 Å². The lowest BCUT2D eigenvalue weighted by molar-refractivity contribution is -0.148. The molecule has 0 bridgehead atoms. The van der Waals surface area contributed by atoms with Crippen molar-refractivity contribution in [2.45, 2.75) is 32.2 Å². The molecule has 1 aromatic carbocycles. The number of hydrogen-bond donors (Lipinski definition) is 1. The summed E-state index contributed by atoms with van der Waals surface area (Å²) in [7, 11) is 0. The van der Waals surface area contributed by atoms with Crippen LogP contribution >= 0.6 is 11.3 Å². The number of amides is 3. The molecule has 0 saturated carbocycles. The minimum Gasteiger partial charge on any atom is -0.339 e. The van der Waals surface area contributed by atoms with Crippen molar-refractivity contribution < 1.29 is 14.4 Å². The second-order valence-corrected chi connectivity index (χ2v) is 8.36. The Balaban J connectivity index is 1.60. The van der Waals surface area contributed by atoms with Crippen LogP contribution in [-0.2, 0) is 20.8 Å². The lowest BCUT2D eigenvalue weighted by Gasteiger charge is -2.40. The van der Waals surface area contributed by atoms with Crippen molar-refractivity contribution in [2.24, 2.45) is 5.10 Å². The first-order valence-electron chi connectivity index (χ1n) is 10.1. The van der Waals surface area contributed by atoms with Gasteiger partial charge in [-0.25, -0.2) is 5.43 Å². The van der Waals surface area contributed by atoms with Gasteiger partial charge in [0, 0.05) is 43.8 Å². The highest BCUT2D eigenvalue weighted by Gasteiger charge is 2.38. The minimum atomic E-state index is -0.579. The van der Waals surface area contributed by atoms with Crippen LogP contribution in [0.3, 0.4) is 0 Å². The van der Waals surface area contributed by atoms with Gasteiger partial charge in [-0.2, -0.15) is 5.10 Å². The van der Waals surface area contributed by atoms with E-state index in [9.17, 15) is 14.4 Å². The van der Waals surface area contributed by atoms with Gasteiger partial charge in [-0.05, 0) is 29.5 Å². The van der Waals surface area contributed by atoms with Crippen LogP contribution in [0.2, 0.25) is 0 Å². The second kappa shape index (κ2) is 8.79. The molecule has 1 saturated heterocycles. The van der Waals surface area contributed by atoms with E-state index in [1.165, 1.54) is 4.88 Å². The average Bonchev–Trinajstić information content (AvgIpc) is 3.30. The van der Waals surface area contributed by atoms with E-state index in [-0.39, 0.29) is 24.1 Å². The average molecular weight is 425 g/mol. The van der Waals surface area contributed by atoms with Crippen LogP contribution in [0.1, 0.15) is 25.3 Å². The van der Waals surface area contributed by atoms with Gasteiger partial charge in [-0.1, -0.05) is 30.3 Å². The Morgan fingerprint density at radius 3 is 2.77 bits per heavy atom. The molecule has 3 amide bonds. The molecule has 1 aromatic heterocycles. The molecule has 1 atom stereocenters. The molecule has 0 radical (unpaired) electrons. The Bertz CT molecular complexity index is 986. The van der Waals surface area contributed by atoms with Gasteiger partial charge in [0.25, 0.3) is 5.91 Å². The molecule has 4 rings (SSSR count). The Morgan fingerprint density at radius 2 is 2.07 bits per heavy atom. The van der Waals surface area contributed by atoms with Gasteiger partial charge >= 0.3 is 0 Å². The molecule has 30 heavy (non-hydrogen) atoms. The van der Waals surface area contributed by atoms with Crippen molar-refractivity contribution in [1.29, 1.82) is 0 Å². The highest BCUT2D eigenvalue weighted by molar-refractivity contribution is 7.13. The maximum Gasteiger partial charge on any atom is 0.270 e. The number of carbonyl (C=O) groups excluding carboxylic acids is 3. The van der Waals surface area contributed by atoms with Gasteiger partial charge in [0.15, 0.2) is 0 Å². The molecule has 1 N–H and O–H groups in total. The Hall–Kier alpha value is -3.00. The number of piperazine rings is 1. The molecule has 2 aliphatic rings. The normalized spacial score (nSPS) is 19.5. The van der Waals surface area contributed by atoms with E-state index in [1.807, 2.05) is 30.5 Å². The van der Waals surface area contributed by atoms with Crippen LogP contribution < -0.4 is 5.43 Å². The van der Waals surface area contributed by atoms with Crippen LogP contribution in [0.15, 0.2) is 46.9 Å². The number of nitrogens with zero attached hydrogens (tertiary/aromatic N) is 3. The van der Waals surface area contributed by atoms with Gasteiger partial charge in [0.1, 0.15) is 11.8 Å². The topological polar surface area (TPSA) is 82.1 Å². The summed E-state index contributed by atoms with van der Waals surface area (Å²) in [6, 6.07) is 11.6. The number of thiophene rings is 1. The molecule has 2 aliphatic heterocycles. The van der Waals surface area contributed by atoms with Crippen molar-refractivity contribution in [2.75, 3.05) is 19.6 Å². The summed E-state index contributed by atoms with van der Waals surface area (Å²) >= 11 is 1.67. The number of likely N-dealkylation sites (N-methyl/N-ethyl adjacent to an activating group) is 1. The van der Waals surface area contributed by atoms with Crippen molar-refractivity contribution >= 4 is 34.8 Å². The van der Waals surface area contributed by atoms with E-state index in [0.29, 0.717) is 38.2 Å². The summed E-state index contributed by atoms with van der Waals surface area (Å²) in [5.41, 5.74) is 4.80. The molecule has 0 unspecified atom stereocenters. The predicted octanol–water partition coefficient (Wildman–Crippen LogP) is 2.28. The van der Waals surface area contributed by atoms with Crippen molar-refractivity contribution in [3.8, 4) is 10.4 Å². The SMILES string of the molecule is CCN1CCN(C(=O)C2=NNC(=O)CC2)[C@@H](Cc2cccc(-c3cccs3)c2)C1=O. The van der Waals surface area contributed by atoms with Crippen LogP contribution in [0.25, 0.3) is 10.4 Å². The summed E-state index contributed by atoms with van der Waals surface area (Å²) in [5.74, 6) is -0.502. The standard InChI is InChI=1S/C22H24N4O3S/c1-2-25-10-11-26(21(28)17-8-9-20(27)24-23-17)18(22(25)29)14-15-5-3-6-16(13-15)19-7-4-12-30-19/h3-7,12-13,18H,2,8-11,14H2,1H3,(H,24,27)/t18-/m0/s1. The van der Waals surface area contributed by atoms with Crippen LogP contribution in [-0.4, -0.2) is 58.9 Å². The van der Waals surface area contributed by atoms with E-state index >= 15 is 0 Å². The molecule has 0 spiro atoms. The maximum atomic E-state index is 13.1. The first-order chi connectivity index (χ1) is 14.6. The molecular formula is C22H24N4O3S. The molecule has 3 heterocycles. The monoisotopic (exact) mass is 424 g/mol. The second-order valence-electron chi connectivity index (χ2n) is 7.41. The molecule has 2 aromatic rings. The van der Waals surface area contributed by atoms with Crippen LogP contribution in [0, 0.1) is 0 Å². The lowest BCUT2D eigenvalue weighted by atomic mass is 9.98. The quantitative estimate of drug-likeness (QED) is 0.800. The van der Waals surface area contributed by atoms with Crippen molar-refractivity contribution in [3.05, 3.63) is 47.3 Å². The Labute approximate surface area is 179 Å². The van der Waals surface area contributed by atoms with Crippen LogP contribution in [0.5, 0.6) is 0 Å². The lowest BCUT2D eigenvalue weighted by Crippen LogP contribution is -2.60. The van der Waals surface area contributed by atoms with Gasteiger partial charge in [-0.3, -0.25) is 14.4 Å². The van der Waals surface area contributed by atoms with Gasteiger partial charge in [0.05, 0.1) is 0 Å². The largest absolute Gasteiger partial charge is 0.339 e. The van der Waals surface area contributed by atoms with E-state index in [0.717, 1.165) is 11.1 Å². The van der Waals surface area contributed by atoms with Crippen LogP contribution in [0.4, 0.5) is 0 Å². The smallest absolute Gasteiger partial charge is 0.270 e. The van der Waals surface area contributed by atoms with Crippen molar-refractivity contribution in [1.82, 2.24) is 15.2 Å². The van der Waals surface area contributed by atoms with E-state index in [2.05, 4.69) is 28.7 Å². The van der Waals surface area contributed by atoms with E-state index < -0.39 is 6.04 Å². The molecular weight excluding hydrogens is 400 g/mol.